The number of nitrogens with zero attached hydrogens (tertiary/aromatic N) is 1. The van der Waals surface area contributed by atoms with E-state index in [0.717, 1.165) is 75.0 Å². The Bertz CT molecular complexity index is 1720. The summed E-state index contributed by atoms with van der Waals surface area (Å²) in [5.41, 5.74) is 3.53. The van der Waals surface area contributed by atoms with Crippen LogP contribution in [0.5, 0.6) is 0 Å². The van der Waals surface area contributed by atoms with E-state index in [0.29, 0.717) is 29.2 Å². The first-order chi connectivity index (χ1) is 23.2. The maximum absolute atomic E-state index is 13.9. The number of hydrogen-bond acceptors (Lipinski definition) is 3. The van der Waals surface area contributed by atoms with Crippen LogP contribution in [0.15, 0.2) is 103 Å². The third kappa shape index (κ3) is 6.90. The normalized spacial score (nSPS) is 20.1. The second-order valence-corrected chi connectivity index (χ2v) is 13.0. The van der Waals surface area contributed by atoms with E-state index in [-0.39, 0.29) is 17.9 Å². The average molecular weight is 654 g/mol. The van der Waals surface area contributed by atoms with E-state index in [9.17, 15) is 22.8 Å². The molecule has 8 heteroatoms. The Morgan fingerprint density at radius 1 is 0.833 bits per heavy atom. The number of piperidine rings is 1. The van der Waals surface area contributed by atoms with Gasteiger partial charge in [-0.15, -0.1) is 0 Å². The van der Waals surface area contributed by atoms with Gasteiger partial charge in [0.05, 0.1) is 11.0 Å². The Morgan fingerprint density at radius 3 is 2.21 bits per heavy atom. The summed E-state index contributed by atoms with van der Waals surface area (Å²) in [6.07, 6.45) is -0.307. The summed E-state index contributed by atoms with van der Waals surface area (Å²) in [6.45, 7) is 5.27. The Morgan fingerprint density at radius 2 is 1.50 bits per heavy atom. The van der Waals surface area contributed by atoms with E-state index in [2.05, 4.69) is 52.8 Å². The predicted octanol–water partition coefficient (Wildman–Crippen LogP) is 7.96. The van der Waals surface area contributed by atoms with Crippen molar-refractivity contribution in [2.75, 3.05) is 26.2 Å². The van der Waals surface area contributed by atoms with Gasteiger partial charge >= 0.3 is 6.18 Å². The molecule has 6 rings (SSSR count). The highest BCUT2D eigenvalue weighted by molar-refractivity contribution is 6.01. The molecule has 0 saturated carbocycles. The van der Waals surface area contributed by atoms with E-state index in [1.165, 1.54) is 17.7 Å². The highest BCUT2D eigenvalue weighted by Crippen LogP contribution is 2.47. The van der Waals surface area contributed by atoms with Crippen molar-refractivity contribution >= 4 is 11.8 Å². The van der Waals surface area contributed by atoms with Gasteiger partial charge in [0.1, 0.15) is 0 Å². The summed E-state index contributed by atoms with van der Waals surface area (Å²) in [5.74, 6) is 0.139. The summed E-state index contributed by atoms with van der Waals surface area (Å²) in [5, 5.41) is 6.39. The SMILES string of the molecule is CCCNC(=O)C1(c2ccccc2)CCC(CN2CCC(NC(=O)c3ccccc3-c3ccc(C(F)(F)F)cc3)CC2)c2ccccc21. The zero-order valence-corrected chi connectivity index (χ0v) is 27.2. The fourth-order valence-corrected chi connectivity index (χ4v) is 7.50. The lowest BCUT2D eigenvalue weighted by molar-refractivity contribution is -0.137. The van der Waals surface area contributed by atoms with Gasteiger partial charge in [0.15, 0.2) is 0 Å². The lowest BCUT2D eigenvalue weighted by Crippen LogP contribution is -2.49. The highest BCUT2D eigenvalue weighted by atomic mass is 19.4. The summed E-state index contributed by atoms with van der Waals surface area (Å²) in [6, 6.07) is 30.5. The summed E-state index contributed by atoms with van der Waals surface area (Å²) < 4.78 is 39.3. The van der Waals surface area contributed by atoms with Crippen LogP contribution >= 0.6 is 0 Å². The second-order valence-electron chi connectivity index (χ2n) is 13.0. The van der Waals surface area contributed by atoms with Gasteiger partial charge in [-0.3, -0.25) is 9.59 Å². The third-order valence-corrected chi connectivity index (χ3v) is 10.0. The number of carbonyl (C=O) groups excluding carboxylic acids is 2. The van der Waals surface area contributed by atoms with Crippen LogP contribution in [-0.2, 0) is 16.4 Å². The molecule has 1 fully saturated rings. The first kappa shape index (κ1) is 33.5. The quantitative estimate of drug-likeness (QED) is 0.193. The van der Waals surface area contributed by atoms with Crippen molar-refractivity contribution in [3.05, 3.63) is 131 Å². The lowest BCUT2D eigenvalue weighted by atomic mass is 9.62. The van der Waals surface area contributed by atoms with Crippen molar-refractivity contribution in [2.45, 2.75) is 62.6 Å². The molecule has 2 amide bonds. The summed E-state index contributed by atoms with van der Waals surface area (Å²) in [4.78, 5) is 29.8. The Balaban J connectivity index is 1.12. The van der Waals surface area contributed by atoms with E-state index < -0.39 is 17.2 Å². The smallest absolute Gasteiger partial charge is 0.355 e. The van der Waals surface area contributed by atoms with Crippen molar-refractivity contribution in [3.8, 4) is 11.1 Å². The third-order valence-electron chi connectivity index (χ3n) is 10.0. The Kier molecular flexibility index (Phi) is 10.0. The molecule has 250 valence electrons. The largest absolute Gasteiger partial charge is 0.416 e. The molecule has 2 N–H and O–H groups in total. The van der Waals surface area contributed by atoms with Gasteiger partial charge in [-0.25, -0.2) is 0 Å². The molecule has 1 saturated heterocycles. The second kappa shape index (κ2) is 14.4. The number of hydrogen-bond donors (Lipinski definition) is 2. The molecule has 1 aliphatic heterocycles. The Hall–Kier alpha value is -4.43. The molecule has 5 nitrogen and oxygen atoms in total. The number of amides is 2. The molecule has 0 radical (unpaired) electrons. The molecule has 4 aromatic rings. The lowest BCUT2D eigenvalue weighted by Gasteiger charge is -2.43. The van der Waals surface area contributed by atoms with E-state index in [1.54, 1.807) is 24.3 Å². The molecule has 2 unspecified atom stereocenters. The predicted molar refractivity (Wildman–Crippen MR) is 183 cm³/mol. The number of carbonyl (C=O) groups is 2. The van der Waals surface area contributed by atoms with Gasteiger partial charge in [-0.05, 0) is 84.0 Å². The molecular formula is C40H42F3N3O2. The van der Waals surface area contributed by atoms with E-state index in [1.807, 2.05) is 24.3 Å². The molecule has 1 aliphatic carbocycles. The van der Waals surface area contributed by atoms with Crippen molar-refractivity contribution in [1.82, 2.24) is 15.5 Å². The molecule has 0 spiro atoms. The van der Waals surface area contributed by atoms with Gasteiger partial charge in [-0.2, -0.15) is 13.2 Å². The standard InChI is InChI=1S/C40H42F3N3O2/c1-2-24-44-38(48)39(30-10-4-3-5-11-30)23-20-29(34-13-8-9-15-36(34)39)27-46-25-21-32(22-26-46)45-37(47)35-14-7-6-12-33(35)28-16-18-31(19-17-28)40(41,42)43/h3-19,29,32H,2,20-27H2,1H3,(H,44,48)(H,45,47). The zero-order chi connectivity index (χ0) is 33.7. The number of benzene rings is 4. The number of rotatable bonds is 9. The zero-order valence-electron chi connectivity index (χ0n) is 27.2. The molecule has 2 aliphatic rings. The fraction of sp³-hybridized carbons (Fsp3) is 0.350. The monoisotopic (exact) mass is 653 g/mol. The fourth-order valence-electron chi connectivity index (χ4n) is 7.50. The van der Waals surface area contributed by atoms with Gasteiger partial charge < -0.3 is 15.5 Å². The number of fused-ring (bicyclic) bond motifs is 1. The van der Waals surface area contributed by atoms with Gasteiger partial charge in [0, 0.05) is 37.8 Å². The minimum absolute atomic E-state index is 0.000968. The molecular weight excluding hydrogens is 611 g/mol. The van der Waals surface area contributed by atoms with Crippen molar-refractivity contribution in [2.24, 2.45) is 0 Å². The van der Waals surface area contributed by atoms with Gasteiger partial charge in [0.2, 0.25) is 5.91 Å². The minimum Gasteiger partial charge on any atom is -0.355 e. The highest BCUT2D eigenvalue weighted by Gasteiger charge is 2.47. The number of likely N-dealkylation sites (tertiary alicyclic amines) is 1. The van der Waals surface area contributed by atoms with Crippen molar-refractivity contribution < 1.29 is 22.8 Å². The Labute approximate surface area is 280 Å². The van der Waals surface area contributed by atoms with Crippen LogP contribution < -0.4 is 10.6 Å². The molecule has 2 atom stereocenters. The van der Waals surface area contributed by atoms with Crippen LogP contribution in [0.3, 0.4) is 0 Å². The van der Waals surface area contributed by atoms with Crippen LogP contribution in [0.4, 0.5) is 13.2 Å². The van der Waals surface area contributed by atoms with Crippen LogP contribution in [0.2, 0.25) is 0 Å². The first-order valence-electron chi connectivity index (χ1n) is 16.9. The summed E-state index contributed by atoms with van der Waals surface area (Å²) >= 11 is 0. The summed E-state index contributed by atoms with van der Waals surface area (Å²) in [7, 11) is 0. The van der Waals surface area contributed by atoms with Crippen LogP contribution in [0, 0.1) is 0 Å². The number of nitrogens with one attached hydrogen (secondary N) is 2. The van der Waals surface area contributed by atoms with E-state index in [4.69, 9.17) is 0 Å². The topological polar surface area (TPSA) is 61.4 Å². The number of alkyl halides is 3. The van der Waals surface area contributed by atoms with Gasteiger partial charge in [-0.1, -0.05) is 91.9 Å². The van der Waals surface area contributed by atoms with Crippen molar-refractivity contribution in [1.29, 1.82) is 0 Å². The number of halogens is 3. The molecule has 0 bridgehead atoms. The molecule has 48 heavy (non-hydrogen) atoms. The average Bonchev–Trinajstić information content (AvgIpc) is 3.11. The maximum Gasteiger partial charge on any atom is 0.416 e. The maximum atomic E-state index is 13.9. The minimum atomic E-state index is -4.41. The van der Waals surface area contributed by atoms with Crippen molar-refractivity contribution in [3.63, 3.8) is 0 Å². The van der Waals surface area contributed by atoms with Gasteiger partial charge in [0.25, 0.3) is 5.91 Å². The first-order valence-corrected chi connectivity index (χ1v) is 16.9. The van der Waals surface area contributed by atoms with E-state index >= 15 is 0 Å². The molecule has 4 aromatic carbocycles. The molecule has 1 heterocycles. The van der Waals surface area contributed by atoms with Crippen LogP contribution in [-0.4, -0.2) is 48.9 Å². The molecule has 0 aromatic heterocycles. The van der Waals surface area contributed by atoms with Crippen LogP contribution in [0.1, 0.15) is 77.6 Å². The van der Waals surface area contributed by atoms with Crippen LogP contribution in [0.25, 0.3) is 11.1 Å².